The maximum absolute atomic E-state index is 13.9. The minimum absolute atomic E-state index is 0.286. The third kappa shape index (κ3) is 2.96. The number of amides is 1. The van der Waals surface area contributed by atoms with E-state index in [4.69, 9.17) is 4.74 Å². The Labute approximate surface area is 104 Å². The van der Waals surface area contributed by atoms with Gasteiger partial charge in [-0.2, -0.15) is 0 Å². The van der Waals surface area contributed by atoms with Crippen LogP contribution in [0, 0.1) is 5.82 Å². The van der Waals surface area contributed by atoms with Gasteiger partial charge in [-0.15, -0.1) is 0 Å². The molecule has 6 heteroatoms. The number of hydrogen-bond donors (Lipinski definition) is 2. The van der Waals surface area contributed by atoms with Crippen molar-refractivity contribution in [2.24, 2.45) is 0 Å². The van der Waals surface area contributed by atoms with Crippen LogP contribution >= 0.6 is 0 Å². The summed E-state index contributed by atoms with van der Waals surface area (Å²) in [6, 6.07) is 4.48. The first-order valence-corrected chi connectivity index (χ1v) is 5.67. The zero-order chi connectivity index (χ0) is 13.0. The Bertz CT molecular complexity index is 433. The molecule has 1 fully saturated rings. The van der Waals surface area contributed by atoms with E-state index in [1.807, 2.05) is 0 Å². The van der Waals surface area contributed by atoms with Crippen LogP contribution in [0.5, 0.6) is 0 Å². The highest BCUT2D eigenvalue weighted by molar-refractivity contribution is 5.84. The average molecular weight is 254 g/mol. The summed E-state index contributed by atoms with van der Waals surface area (Å²) in [7, 11) is 1.25. The number of hydrogen-bond acceptors (Lipinski definition) is 4. The topological polar surface area (TPSA) is 59.6 Å². The van der Waals surface area contributed by atoms with Gasteiger partial charge in [0.2, 0.25) is 0 Å². The van der Waals surface area contributed by atoms with Crippen molar-refractivity contribution in [3.8, 4) is 0 Å². The summed E-state index contributed by atoms with van der Waals surface area (Å²) < 4.78 is 23.8. The highest BCUT2D eigenvalue weighted by Gasteiger charge is 2.19. The number of anilines is 1. The Morgan fingerprint density at radius 3 is 3.06 bits per heavy atom. The normalized spacial score (nSPS) is 19.3. The van der Waals surface area contributed by atoms with Crippen LogP contribution in [-0.2, 0) is 9.47 Å². The van der Waals surface area contributed by atoms with Gasteiger partial charge in [-0.05, 0) is 12.1 Å². The van der Waals surface area contributed by atoms with Crippen molar-refractivity contribution in [3.63, 3.8) is 0 Å². The quantitative estimate of drug-likeness (QED) is 0.842. The fourth-order valence-corrected chi connectivity index (χ4v) is 1.80. The number of rotatable bonds is 2. The standard InChI is InChI=1S/C12H15FN2O3/c1-17-12(16)15-8-2-3-9(10(13)6-8)11-7-14-4-5-18-11/h2-3,6,11,14H,4-5,7H2,1H3,(H,15,16). The number of methoxy groups -OCH3 is 1. The first kappa shape index (κ1) is 12.8. The zero-order valence-electron chi connectivity index (χ0n) is 10.0. The maximum Gasteiger partial charge on any atom is 0.411 e. The van der Waals surface area contributed by atoms with E-state index in [1.54, 1.807) is 12.1 Å². The molecule has 1 aliphatic rings. The van der Waals surface area contributed by atoms with Crippen LogP contribution in [0.2, 0.25) is 0 Å². The van der Waals surface area contributed by atoms with Crippen LogP contribution in [0.15, 0.2) is 18.2 Å². The van der Waals surface area contributed by atoms with Gasteiger partial charge in [0, 0.05) is 24.3 Å². The van der Waals surface area contributed by atoms with Gasteiger partial charge < -0.3 is 14.8 Å². The van der Waals surface area contributed by atoms with E-state index in [9.17, 15) is 9.18 Å². The minimum Gasteiger partial charge on any atom is -0.453 e. The first-order chi connectivity index (χ1) is 8.70. The van der Waals surface area contributed by atoms with E-state index >= 15 is 0 Å². The molecule has 0 radical (unpaired) electrons. The van der Waals surface area contributed by atoms with Crippen molar-refractivity contribution in [1.29, 1.82) is 0 Å². The number of benzene rings is 1. The van der Waals surface area contributed by atoms with Gasteiger partial charge in [-0.1, -0.05) is 6.07 Å². The summed E-state index contributed by atoms with van der Waals surface area (Å²) in [6.07, 6.45) is -0.913. The second-order valence-electron chi connectivity index (χ2n) is 3.92. The molecule has 0 bridgehead atoms. The average Bonchev–Trinajstić information content (AvgIpc) is 2.40. The lowest BCUT2D eigenvalue weighted by molar-refractivity contribution is 0.0255. The summed E-state index contributed by atoms with van der Waals surface area (Å²) in [5.74, 6) is -0.405. The largest absolute Gasteiger partial charge is 0.453 e. The van der Waals surface area contributed by atoms with E-state index in [0.717, 1.165) is 6.54 Å². The highest BCUT2D eigenvalue weighted by Crippen LogP contribution is 2.24. The molecule has 0 spiro atoms. The zero-order valence-corrected chi connectivity index (χ0v) is 10.0. The van der Waals surface area contributed by atoms with E-state index < -0.39 is 11.9 Å². The first-order valence-electron chi connectivity index (χ1n) is 5.67. The van der Waals surface area contributed by atoms with E-state index in [0.29, 0.717) is 24.4 Å². The molecule has 1 saturated heterocycles. The Kier molecular flexibility index (Phi) is 4.11. The molecule has 0 saturated carbocycles. The lowest BCUT2D eigenvalue weighted by Gasteiger charge is -2.24. The summed E-state index contributed by atoms with van der Waals surface area (Å²) in [5.41, 5.74) is 0.837. The molecule has 0 aromatic heterocycles. The smallest absolute Gasteiger partial charge is 0.411 e. The molecular weight excluding hydrogens is 239 g/mol. The third-order valence-corrected chi connectivity index (χ3v) is 2.71. The molecule has 1 atom stereocenters. The lowest BCUT2D eigenvalue weighted by atomic mass is 10.1. The molecule has 5 nitrogen and oxygen atoms in total. The Morgan fingerprint density at radius 1 is 1.61 bits per heavy atom. The Hall–Kier alpha value is -1.66. The van der Waals surface area contributed by atoms with Crippen LogP contribution in [-0.4, -0.2) is 32.9 Å². The summed E-state index contributed by atoms with van der Waals surface area (Å²) in [5, 5.41) is 5.54. The molecule has 0 aliphatic carbocycles. The van der Waals surface area contributed by atoms with Gasteiger partial charge in [0.25, 0.3) is 0 Å². The molecule has 1 aromatic rings. The summed E-state index contributed by atoms with van der Waals surface area (Å²) in [4.78, 5) is 11.0. The molecule has 2 N–H and O–H groups in total. The molecule has 2 rings (SSSR count). The predicted octanol–water partition coefficient (Wildman–Crippen LogP) is 1.66. The number of ether oxygens (including phenoxy) is 2. The van der Waals surface area contributed by atoms with Crippen molar-refractivity contribution in [3.05, 3.63) is 29.6 Å². The predicted molar refractivity (Wildman–Crippen MR) is 64.0 cm³/mol. The number of halogens is 1. The fraction of sp³-hybridized carbons (Fsp3) is 0.417. The monoisotopic (exact) mass is 254 g/mol. The third-order valence-electron chi connectivity index (χ3n) is 2.71. The number of carbonyl (C=O) groups excluding carboxylic acids is 1. The number of morpholine rings is 1. The van der Waals surface area contributed by atoms with E-state index in [-0.39, 0.29) is 6.10 Å². The molecule has 18 heavy (non-hydrogen) atoms. The molecular formula is C12H15FN2O3. The van der Waals surface area contributed by atoms with E-state index in [1.165, 1.54) is 13.2 Å². The van der Waals surface area contributed by atoms with Crippen molar-refractivity contribution in [2.45, 2.75) is 6.10 Å². The van der Waals surface area contributed by atoms with Gasteiger partial charge >= 0.3 is 6.09 Å². The van der Waals surface area contributed by atoms with Gasteiger partial charge in [0.1, 0.15) is 5.82 Å². The molecule has 1 amide bonds. The van der Waals surface area contributed by atoms with Gasteiger partial charge in [0.15, 0.2) is 0 Å². The second-order valence-corrected chi connectivity index (χ2v) is 3.92. The van der Waals surface area contributed by atoms with Crippen LogP contribution < -0.4 is 10.6 Å². The van der Waals surface area contributed by atoms with Crippen LogP contribution in [0.4, 0.5) is 14.9 Å². The van der Waals surface area contributed by atoms with Crippen molar-refractivity contribution < 1.29 is 18.7 Å². The number of nitrogens with one attached hydrogen (secondary N) is 2. The maximum atomic E-state index is 13.9. The molecule has 98 valence electrons. The van der Waals surface area contributed by atoms with Crippen molar-refractivity contribution in [2.75, 3.05) is 32.1 Å². The van der Waals surface area contributed by atoms with E-state index in [2.05, 4.69) is 15.4 Å². The van der Waals surface area contributed by atoms with Crippen molar-refractivity contribution in [1.82, 2.24) is 5.32 Å². The van der Waals surface area contributed by atoms with Gasteiger partial charge in [-0.25, -0.2) is 9.18 Å². The summed E-state index contributed by atoms with van der Waals surface area (Å²) in [6.45, 7) is 1.92. The van der Waals surface area contributed by atoms with Gasteiger partial charge in [-0.3, -0.25) is 5.32 Å². The summed E-state index contributed by atoms with van der Waals surface area (Å²) >= 11 is 0. The second kappa shape index (κ2) is 5.79. The Balaban J connectivity index is 2.11. The van der Waals surface area contributed by atoms with Gasteiger partial charge in [0.05, 0.1) is 19.8 Å². The van der Waals surface area contributed by atoms with Crippen LogP contribution in [0.1, 0.15) is 11.7 Å². The highest BCUT2D eigenvalue weighted by atomic mass is 19.1. The minimum atomic E-state index is -0.627. The fourth-order valence-electron chi connectivity index (χ4n) is 1.80. The van der Waals surface area contributed by atoms with Crippen molar-refractivity contribution >= 4 is 11.8 Å². The molecule has 1 unspecified atom stereocenters. The SMILES string of the molecule is COC(=O)Nc1ccc(C2CNCCO2)c(F)c1. The van der Waals surface area contributed by atoms with Crippen LogP contribution in [0.25, 0.3) is 0 Å². The number of carbonyl (C=O) groups is 1. The lowest BCUT2D eigenvalue weighted by Crippen LogP contribution is -2.33. The molecule has 1 aromatic carbocycles. The molecule has 1 heterocycles. The Morgan fingerprint density at radius 2 is 2.44 bits per heavy atom. The van der Waals surface area contributed by atoms with Crippen LogP contribution in [0.3, 0.4) is 0 Å². The molecule has 1 aliphatic heterocycles.